The summed E-state index contributed by atoms with van der Waals surface area (Å²) < 4.78 is 5.21. The topological polar surface area (TPSA) is 49.9 Å². The lowest BCUT2D eigenvalue weighted by Gasteiger charge is -2.21. The first kappa shape index (κ1) is 16.0. The second-order valence-corrected chi connectivity index (χ2v) is 4.90. The Bertz CT molecular complexity index is 457. The van der Waals surface area contributed by atoms with Gasteiger partial charge in [0.15, 0.2) is 0 Å². The minimum Gasteiger partial charge on any atom is -0.445 e. The van der Waals surface area contributed by atoms with Gasteiger partial charge in [0.25, 0.3) is 0 Å². The van der Waals surface area contributed by atoms with Crippen LogP contribution in [0.15, 0.2) is 24.3 Å². The molecule has 0 heterocycles. The molecular formula is C15H22N2O3. The Hall–Kier alpha value is -2.04. The highest BCUT2D eigenvalue weighted by Gasteiger charge is 2.11. The van der Waals surface area contributed by atoms with E-state index in [-0.39, 0.29) is 18.6 Å². The molecule has 2 amide bonds. The summed E-state index contributed by atoms with van der Waals surface area (Å²) in [6, 6.07) is 7.84. The molecule has 0 aliphatic rings. The van der Waals surface area contributed by atoms with Crippen molar-refractivity contribution in [3.8, 4) is 0 Å². The Morgan fingerprint density at radius 1 is 1.05 bits per heavy atom. The highest BCUT2D eigenvalue weighted by Crippen LogP contribution is 2.05. The molecule has 110 valence electrons. The monoisotopic (exact) mass is 278 g/mol. The van der Waals surface area contributed by atoms with Gasteiger partial charge in [0.05, 0.1) is 0 Å². The second-order valence-electron chi connectivity index (χ2n) is 4.90. The van der Waals surface area contributed by atoms with E-state index in [1.807, 2.05) is 31.2 Å². The fourth-order valence-corrected chi connectivity index (χ4v) is 1.49. The Morgan fingerprint density at radius 2 is 1.60 bits per heavy atom. The van der Waals surface area contributed by atoms with Crippen LogP contribution < -0.4 is 0 Å². The first-order valence-corrected chi connectivity index (χ1v) is 6.55. The largest absolute Gasteiger partial charge is 0.445 e. The third-order valence-corrected chi connectivity index (χ3v) is 3.10. The lowest BCUT2D eigenvalue weighted by molar-refractivity contribution is -0.127. The number of aryl methyl sites for hydroxylation is 1. The maximum Gasteiger partial charge on any atom is 0.409 e. The fourth-order valence-electron chi connectivity index (χ4n) is 1.49. The lowest BCUT2D eigenvalue weighted by atomic mass is 10.2. The Morgan fingerprint density at radius 3 is 2.15 bits per heavy atom. The van der Waals surface area contributed by atoms with Gasteiger partial charge in [-0.1, -0.05) is 29.8 Å². The molecule has 0 aromatic heterocycles. The van der Waals surface area contributed by atoms with E-state index in [1.165, 1.54) is 17.4 Å². The summed E-state index contributed by atoms with van der Waals surface area (Å²) in [7, 11) is 3.36. The van der Waals surface area contributed by atoms with Crippen molar-refractivity contribution in [1.29, 1.82) is 0 Å². The molecule has 0 atom stereocenters. The van der Waals surface area contributed by atoms with Crippen LogP contribution in [0, 0.1) is 6.92 Å². The van der Waals surface area contributed by atoms with E-state index in [2.05, 4.69) is 0 Å². The standard InChI is InChI=1S/C15H22N2O3/c1-12-5-7-14(8-6-12)11-20-15(19)17(4)10-9-16(3)13(2)18/h5-8H,9-11H2,1-4H3. The molecule has 0 N–H and O–H groups in total. The van der Waals surface area contributed by atoms with E-state index in [9.17, 15) is 9.59 Å². The SMILES string of the molecule is CC(=O)N(C)CCN(C)C(=O)OCc1ccc(C)cc1. The number of nitrogens with zero attached hydrogens (tertiary/aromatic N) is 2. The first-order valence-electron chi connectivity index (χ1n) is 6.55. The number of benzene rings is 1. The zero-order valence-corrected chi connectivity index (χ0v) is 12.5. The van der Waals surface area contributed by atoms with Crippen LogP contribution in [0.25, 0.3) is 0 Å². The molecule has 0 saturated carbocycles. The third kappa shape index (κ3) is 5.30. The van der Waals surface area contributed by atoms with Gasteiger partial charge in [0, 0.05) is 34.1 Å². The van der Waals surface area contributed by atoms with E-state index in [0.29, 0.717) is 13.1 Å². The highest BCUT2D eigenvalue weighted by molar-refractivity contribution is 5.73. The number of hydrogen-bond donors (Lipinski definition) is 0. The molecule has 1 rings (SSSR count). The number of likely N-dealkylation sites (N-methyl/N-ethyl adjacent to an activating group) is 2. The highest BCUT2D eigenvalue weighted by atomic mass is 16.6. The van der Waals surface area contributed by atoms with Crippen LogP contribution in [-0.4, -0.2) is 49.0 Å². The summed E-state index contributed by atoms with van der Waals surface area (Å²) in [6.45, 7) is 4.70. The number of amides is 2. The summed E-state index contributed by atoms with van der Waals surface area (Å²) in [5.74, 6) is -0.0218. The fraction of sp³-hybridized carbons (Fsp3) is 0.467. The molecule has 0 radical (unpaired) electrons. The number of carbonyl (C=O) groups excluding carboxylic acids is 2. The van der Waals surface area contributed by atoms with E-state index in [4.69, 9.17) is 4.74 Å². The molecule has 5 heteroatoms. The van der Waals surface area contributed by atoms with Gasteiger partial charge in [0.1, 0.15) is 6.61 Å². The van der Waals surface area contributed by atoms with Crippen molar-refractivity contribution in [2.75, 3.05) is 27.2 Å². The van der Waals surface area contributed by atoms with Gasteiger partial charge in [-0.2, -0.15) is 0 Å². The van der Waals surface area contributed by atoms with Gasteiger partial charge >= 0.3 is 6.09 Å². The minimum atomic E-state index is -0.387. The molecule has 1 aromatic rings. The van der Waals surface area contributed by atoms with Crippen LogP contribution in [0.3, 0.4) is 0 Å². The molecule has 5 nitrogen and oxygen atoms in total. The Labute approximate surface area is 120 Å². The predicted octanol–water partition coefficient (Wildman–Crippen LogP) is 2.04. The molecule has 0 saturated heterocycles. The zero-order chi connectivity index (χ0) is 15.1. The second kappa shape index (κ2) is 7.53. The summed E-state index contributed by atoms with van der Waals surface area (Å²) in [4.78, 5) is 25.8. The van der Waals surface area contributed by atoms with Crippen molar-refractivity contribution in [2.45, 2.75) is 20.5 Å². The van der Waals surface area contributed by atoms with Crippen molar-refractivity contribution >= 4 is 12.0 Å². The normalized spacial score (nSPS) is 10.0. The molecule has 0 fully saturated rings. The van der Waals surface area contributed by atoms with Crippen LogP contribution in [-0.2, 0) is 16.1 Å². The van der Waals surface area contributed by atoms with Crippen LogP contribution in [0.5, 0.6) is 0 Å². The summed E-state index contributed by atoms with van der Waals surface area (Å²) in [6.07, 6.45) is -0.387. The van der Waals surface area contributed by atoms with Crippen molar-refractivity contribution in [3.05, 3.63) is 35.4 Å². The van der Waals surface area contributed by atoms with Crippen molar-refractivity contribution in [2.24, 2.45) is 0 Å². The smallest absolute Gasteiger partial charge is 0.409 e. The van der Waals surface area contributed by atoms with Gasteiger partial charge in [-0.05, 0) is 12.5 Å². The van der Waals surface area contributed by atoms with Crippen molar-refractivity contribution in [1.82, 2.24) is 9.80 Å². The molecule has 0 unspecified atom stereocenters. The maximum absolute atomic E-state index is 11.8. The van der Waals surface area contributed by atoms with E-state index in [1.54, 1.807) is 19.0 Å². The molecule has 0 spiro atoms. The van der Waals surface area contributed by atoms with Gasteiger partial charge in [0.2, 0.25) is 5.91 Å². The van der Waals surface area contributed by atoms with Gasteiger partial charge in [-0.15, -0.1) is 0 Å². The molecule has 0 aliphatic heterocycles. The number of carbonyl (C=O) groups is 2. The molecular weight excluding hydrogens is 256 g/mol. The predicted molar refractivity (Wildman–Crippen MR) is 77.3 cm³/mol. The van der Waals surface area contributed by atoms with E-state index < -0.39 is 0 Å². The van der Waals surface area contributed by atoms with Crippen LogP contribution >= 0.6 is 0 Å². The van der Waals surface area contributed by atoms with Gasteiger partial charge < -0.3 is 14.5 Å². The first-order chi connectivity index (χ1) is 9.40. The summed E-state index contributed by atoms with van der Waals surface area (Å²) >= 11 is 0. The summed E-state index contributed by atoms with van der Waals surface area (Å²) in [5, 5.41) is 0. The Kier molecular flexibility index (Phi) is 6.03. The van der Waals surface area contributed by atoms with Gasteiger partial charge in [-0.3, -0.25) is 4.79 Å². The number of rotatable bonds is 5. The molecule has 20 heavy (non-hydrogen) atoms. The average Bonchev–Trinajstić information content (AvgIpc) is 2.43. The van der Waals surface area contributed by atoms with Crippen LogP contribution in [0.1, 0.15) is 18.1 Å². The van der Waals surface area contributed by atoms with E-state index >= 15 is 0 Å². The molecule has 0 bridgehead atoms. The van der Waals surface area contributed by atoms with Crippen LogP contribution in [0.4, 0.5) is 4.79 Å². The molecule has 0 aliphatic carbocycles. The Balaban J connectivity index is 2.34. The quantitative estimate of drug-likeness (QED) is 0.828. The zero-order valence-electron chi connectivity index (χ0n) is 12.5. The van der Waals surface area contributed by atoms with E-state index in [0.717, 1.165) is 5.56 Å². The minimum absolute atomic E-state index is 0.0218. The van der Waals surface area contributed by atoms with Gasteiger partial charge in [-0.25, -0.2) is 4.79 Å². The van der Waals surface area contributed by atoms with Crippen molar-refractivity contribution in [3.63, 3.8) is 0 Å². The summed E-state index contributed by atoms with van der Waals surface area (Å²) in [5.41, 5.74) is 2.13. The van der Waals surface area contributed by atoms with Crippen LogP contribution in [0.2, 0.25) is 0 Å². The number of hydrogen-bond acceptors (Lipinski definition) is 3. The molecule has 1 aromatic carbocycles. The third-order valence-electron chi connectivity index (χ3n) is 3.10. The lowest BCUT2D eigenvalue weighted by Crippen LogP contribution is -2.36. The van der Waals surface area contributed by atoms with Crippen molar-refractivity contribution < 1.29 is 14.3 Å². The maximum atomic E-state index is 11.8. The average molecular weight is 278 g/mol. The number of ether oxygens (including phenoxy) is 1.